The van der Waals surface area contributed by atoms with Gasteiger partial charge < -0.3 is 9.88 Å². The summed E-state index contributed by atoms with van der Waals surface area (Å²) in [5.41, 5.74) is 2.74. The second kappa shape index (κ2) is 10.1. The van der Waals surface area contributed by atoms with Crippen LogP contribution in [0.25, 0.3) is 11.4 Å². The van der Waals surface area contributed by atoms with Crippen molar-refractivity contribution in [2.24, 2.45) is 0 Å². The first-order chi connectivity index (χ1) is 14.3. The zero-order valence-electron chi connectivity index (χ0n) is 17.4. The van der Waals surface area contributed by atoms with Crippen LogP contribution in [0.3, 0.4) is 0 Å². The number of nitrogens with zero attached hydrogens (tertiary/aromatic N) is 3. The molecular formula is C22H32N4OS2. The Kier molecular flexibility index (Phi) is 7.29. The molecule has 0 bridgehead atoms. The van der Waals surface area contributed by atoms with Crippen molar-refractivity contribution >= 4 is 29.0 Å². The predicted octanol–water partition coefficient (Wildman–Crippen LogP) is 5.23. The second-order valence-electron chi connectivity index (χ2n) is 8.26. The molecule has 2 aromatic heterocycles. The van der Waals surface area contributed by atoms with E-state index in [0.29, 0.717) is 11.8 Å². The molecule has 29 heavy (non-hydrogen) atoms. The van der Waals surface area contributed by atoms with Gasteiger partial charge in [-0.2, -0.15) is 0 Å². The molecule has 0 spiro atoms. The van der Waals surface area contributed by atoms with Gasteiger partial charge in [0.15, 0.2) is 11.0 Å². The zero-order valence-corrected chi connectivity index (χ0v) is 19.0. The number of aryl methyl sites for hydroxylation is 1. The van der Waals surface area contributed by atoms with Gasteiger partial charge in [-0.1, -0.05) is 44.4 Å². The molecule has 0 aromatic carbocycles. The molecule has 0 saturated heterocycles. The standard InChI is InChI=1S/C22H32N4OS2/c1-2-13-26-21(18-14-28-19-12-8-7-11-17(18)19)24-25-22(26)29-15-20(27)23-16-9-5-3-4-6-10-16/h14,16H,2-13,15H2,1H3,(H,23,27). The smallest absolute Gasteiger partial charge is 0.230 e. The molecule has 2 aliphatic carbocycles. The van der Waals surface area contributed by atoms with Gasteiger partial charge in [0.2, 0.25) is 5.91 Å². The Morgan fingerprint density at radius 1 is 1.17 bits per heavy atom. The summed E-state index contributed by atoms with van der Waals surface area (Å²) in [4.78, 5) is 14.0. The topological polar surface area (TPSA) is 59.8 Å². The molecule has 2 aliphatic rings. The number of carbonyl (C=O) groups excluding carboxylic acids is 1. The SMILES string of the molecule is CCCn1c(SCC(=O)NC2CCCCCC2)nnc1-c1csc2c1CCCC2. The Hall–Kier alpha value is -1.34. The van der Waals surface area contributed by atoms with Crippen LogP contribution in [0.15, 0.2) is 10.5 Å². The monoisotopic (exact) mass is 432 g/mol. The predicted molar refractivity (Wildman–Crippen MR) is 121 cm³/mol. The van der Waals surface area contributed by atoms with Gasteiger partial charge >= 0.3 is 0 Å². The molecule has 5 nitrogen and oxygen atoms in total. The Labute approximate surface area is 182 Å². The fourth-order valence-corrected chi connectivity index (χ4v) is 6.42. The lowest BCUT2D eigenvalue weighted by molar-refractivity contribution is -0.119. The lowest BCUT2D eigenvalue weighted by Gasteiger charge is -2.16. The first-order valence-electron chi connectivity index (χ1n) is 11.2. The Bertz CT molecular complexity index is 821. The number of thioether (sulfide) groups is 1. The van der Waals surface area contributed by atoms with Gasteiger partial charge in [0.25, 0.3) is 0 Å². The molecule has 2 heterocycles. The molecule has 4 rings (SSSR count). The van der Waals surface area contributed by atoms with Crippen LogP contribution in [0.2, 0.25) is 0 Å². The van der Waals surface area contributed by atoms with Gasteiger partial charge in [-0.15, -0.1) is 21.5 Å². The van der Waals surface area contributed by atoms with Crippen LogP contribution >= 0.6 is 23.1 Å². The highest BCUT2D eigenvalue weighted by molar-refractivity contribution is 7.99. The number of hydrogen-bond donors (Lipinski definition) is 1. The molecule has 0 unspecified atom stereocenters. The van der Waals surface area contributed by atoms with Crippen molar-refractivity contribution in [2.45, 2.75) is 95.3 Å². The molecule has 1 N–H and O–H groups in total. The van der Waals surface area contributed by atoms with Crippen LogP contribution in [0.4, 0.5) is 0 Å². The van der Waals surface area contributed by atoms with Crippen LogP contribution in [-0.2, 0) is 24.2 Å². The molecule has 7 heteroatoms. The highest BCUT2D eigenvalue weighted by Gasteiger charge is 2.22. The minimum atomic E-state index is 0.127. The van der Waals surface area contributed by atoms with Crippen LogP contribution in [0, 0.1) is 0 Å². The van der Waals surface area contributed by atoms with Gasteiger partial charge in [-0.05, 0) is 50.5 Å². The third kappa shape index (κ3) is 5.05. The number of amides is 1. The average Bonchev–Trinajstić information content (AvgIpc) is 3.23. The van der Waals surface area contributed by atoms with Crippen molar-refractivity contribution in [1.29, 1.82) is 0 Å². The molecule has 0 radical (unpaired) electrons. The molecular weight excluding hydrogens is 400 g/mol. The molecule has 0 aliphatic heterocycles. The first-order valence-corrected chi connectivity index (χ1v) is 13.1. The fourth-order valence-electron chi connectivity index (χ4n) is 4.52. The summed E-state index contributed by atoms with van der Waals surface area (Å²) in [7, 11) is 0. The van der Waals surface area contributed by atoms with Crippen molar-refractivity contribution in [1.82, 2.24) is 20.1 Å². The third-order valence-electron chi connectivity index (χ3n) is 6.02. The van der Waals surface area contributed by atoms with Crippen molar-refractivity contribution in [2.75, 3.05) is 5.75 Å². The third-order valence-corrected chi connectivity index (χ3v) is 8.07. The molecule has 1 saturated carbocycles. The number of aromatic nitrogens is 3. The number of rotatable bonds is 7. The molecule has 2 aromatic rings. The molecule has 1 amide bonds. The number of nitrogens with one attached hydrogen (secondary N) is 1. The Balaban J connectivity index is 1.44. The van der Waals surface area contributed by atoms with Gasteiger partial charge in [0, 0.05) is 28.4 Å². The summed E-state index contributed by atoms with van der Waals surface area (Å²) in [5.74, 6) is 1.53. The maximum absolute atomic E-state index is 12.5. The average molecular weight is 433 g/mol. The van der Waals surface area contributed by atoms with E-state index in [-0.39, 0.29) is 5.91 Å². The minimum absolute atomic E-state index is 0.127. The van der Waals surface area contributed by atoms with E-state index in [1.807, 2.05) is 11.3 Å². The van der Waals surface area contributed by atoms with E-state index in [9.17, 15) is 4.79 Å². The fraction of sp³-hybridized carbons (Fsp3) is 0.682. The maximum Gasteiger partial charge on any atom is 0.230 e. The van der Waals surface area contributed by atoms with Crippen LogP contribution < -0.4 is 5.32 Å². The van der Waals surface area contributed by atoms with Crippen molar-refractivity contribution < 1.29 is 4.79 Å². The number of carbonyl (C=O) groups is 1. The van der Waals surface area contributed by atoms with E-state index >= 15 is 0 Å². The zero-order chi connectivity index (χ0) is 20.1. The van der Waals surface area contributed by atoms with Gasteiger partial charge in [0.1, 0.15) is 0 Å². The summed E-state index contributed by atoms with van der Waals surface area (Å²) in [6.07, 6.45) is 13.3. The number of thiophene rings is 1. The van der Waals surface area contributed by atoms with Gasteiger partial charge in [-0.25, -0.2) is 0 Å². The quantitative estimate of drug-likeness (QED) is 0.481. The summed E-state index contributed by atoms with van der Waals surface area (Å²) in [6, 6.07) is 0.354. The van der Waals surface area contributed by atoms with E-state index in [1.54, 1.807) is 0 Å². The Morgan fingerprint density at radius 3 is 2.76 bits per heavy atom. The van der Waals surface area contributed by atoms with Crippen molar-refractivity contribution in [3.8, 4) is 11.4 Å². The summed E-state index contributed by atoms with van der Waals surface area (Å²) in [6.45, 7) is 3.07. The van der Waals surface area contributed by atoms with Crippen molar-refractivity contribution in [3.05, 3.63) is 15.8 Å². The maximum atomic E-state index is 12.5. The van der Waals surface area contributed by atoms with E-state index in [2.05, 4.69) is 32.4 Å². The molecule has 158 valence electrons. The number of fused-ring (bicyclic) bond motifs is 1. The van der Waals surface area contributed by atoms with E-state index in [1.165, 1.54) is 72.7 Å². The highest BCUT2D eigenvalue weighted by atomic mass is 32.2. The lowest BCUT2D eigenvalue weighted by atomic mass is 9.95. The largest absolute Gasteiger partial charge is 0.353 e. The van der Waals surface area contributed by atoms with Crippen LogP contribution in [-0.4, -0.2) is 32.5 Å². The van der Waals surface area contributed by atoms with Gasteiger partial charge in [-0.3, -0.25) is 4.79 Å². The molecule has 0 atom stereocenters. The van der Waals surface area contributed by atoms with Gasteiger partial charge in [0.05, 0.1) is 5.75 Å². The summed E-state index contributed by atoms with van der Waals surface area (Å²) >= 11 is 3.40. The minimum Gasteiger partial charge on any atom is -0.353 e. The molecule has 1 fully saturated rings. The van der Waals surface area contributed by atoms with Crippen LogP contribution in [0.1, 0.15) is 75.2 Å². The number of hydrogen-bond acceptors (Lipinski definition) is 5. The summed E-state index contributed by atoms with van der Waals surface area (Å²) < 4.78 is 2.22. The lowest BCUT2D eigenvalue weighted by Crippen LogP contribution is -2.35. The second-order valence-corrected chi connectivity index (χ2v) is 10.2. The summed E-state index contributed by atoms with van der Waals surface area (Å²) in [5, 5.41) is 15.4. The van der Waals surface area contributed by atoms with Crippen molar-refractivity contribution in [3.63, 3.8) is 0 Å². The van der Waals surface area contributed by atoms with Crippen LogP contribution in [0.5, 0.6) is 0 Å². The van der Waals surface area contributed by atoms with E-state index in [4.69, 9.17) is 0 Å². The Morgan fingerprint density at radius 2 is 1.97 bits per heavy atom. The van der Waals surface area contributed by atoms with E-state index in [0.717, 1.165) is 43.2 Å². The highest BCUT2D eigenvalue weighted by Crippen LogP contribution is 2.36. The normalized spacial score (nSPS) is 17.7. The first kappa shape index (κ1) is 20.9. The van der Waals surface area contributed by atoms with E-state index < -0.39 is 0 Å².